The number of aromatic nitrogens is 4. The summed E-state index contributed by atoms with van der Waals surface area (Å²) in [6.45, 7) is 0. The largest absolute Gasteiger partial charge is 0.497 e. The summed E-state index contributed by atoms with van der Waals surface area (Å²) < 4.78 is 5.31. The number of nitriles is 1. The molecule has 6 nitrogen and oxygen atoms in total. The molecule has 0 fully saturated rings. The lowest BCUT2D eigenvalue weighted by Gasteiger charge is -2.08. The first-order chi connectivity index (χ1) is 12.3. The first-order valence-electron chi connectivity index (χ1n) is 7.64. The summed E-state index contributed by atoms with van der Waals surface area (Å²) in [5, 5.41) is 9.12. The molecular weight excluding hydrogens is 314 g/mol. The van der Waals surface area contributed by atoms with Crippen molar-refractivity contribution < 1.29 is 4.74 Å². The van der Waals surface area contributed by atoms with Crippen molar-refractivity contribution in [1.29, 1.82) is 5.26 Å². The number of nitrogens with one attached hydrogen (secondary N) is 1. The van der Waals surface area contributed by atoms with E-state index in [1.165, 1.54) is 0 Å². The maximum Gasteiger partial charge on any atom is 0.181 e. The van der Waals surface area contributed by atoms with Crippen LogP contribution in [0.2, 0.25) is 0 Å². The number of nitrogens with zero attached hydrogens (tertiary/aromatic N) is 4. The highest BCUT2D eigenvalue weighted by Crippen LogP contribution is 2.29. The summed E-state index contributed by atoms with van der Waals surface area (Å²) in [6, 6.07) is 17.0. The van der Waals surface area contributed by atoms with E-state index >= 15 is 0 Å². The number of imidazole rings is 1. The van der Waals surface area contributed by atoms with Crippen molar-refractivity contribution in [3.05, 3.63) is 60.4 Å². The summed E-state index contributed by atoms with van der Waals surface area (Å²) in [5.74, 6) is 1.27. The van der Waals surface area contributed by atoms with Crippen molar-refractivity contribution in [3.63, 3.8) is 0 Å². The van der Waals surface area contributed by atoms with Crippen LogP contribution in [0.4, 0.5) is 0 Å². The van der Waals surface area contributed by atoms with E-state index < -0.39 is 0 Å². The summed E-state index contributed by atoms with van der Waals surface area (Å²) >= 11 is 0. The Morgan fingerprint density at radius 1 is 1.04 bits per heavy atom. The molecule has 0 aliphatic carbocycles. The summed E-state index contributed by atoms with van der Waals surface area (Å²) in [7, 11) is 1.63. The van der Waals surface area contributed by atoms with Crippen molar-refractivity contribution in [2.24, 2.45) is 0 Å². The van der Waals surface area contributed by atoms with E-state index in [-0.39, 0.29) is 0 Å². The van der Waals surface area contributed by atoms with Gasteiger partial charge in [0.25, 0.3) is 0 Å². The number of H-pyrrole nitrogens is 1. The second-order valence-electron chi connectivity index (χ2n) is 5.42. The zero-order chi connectivity index (χ0) is 17.2. The average Bonchev–Trinajstić information content (AvgIpc) is 3.16. The van der Waals surface area contributed by atoms with Crippen molar-refractivity contribution in [3.8, 4) is 34.5 Å². The van der Waals surface area contributed by atoms with Crippen molar-refractivity contribution in [1.82, 2.24) is 19.9 Å². The van der Waals surface area contributed by atoms with Crippen molar-refractivity contribution in [2.45, 2.75) is 0 Å². The Morgan fingerprint density at radius 2 is 1.88 bits per heavy atom. The minimum Gasteiger partial charge on any atom is -0.497 e. The summed E-state index contributed by atoms with van der Waals surface area (Å²) in [6.07, 6.45) is 1.60. The lowest BCUT2D eigenvalue weighted by Crippen LogP contribution is -1.95. The normalized spacial score (nSPS) is 10.6. The Kier molecular flexibility index (Phi) is 3.60. The third-order valence-corrected chi connectivity index (χ3v) is 3.88. The third kappa shape index (κ3) is 2.68. The van der Waals surface area contributed by atoms with Crippen LogP contribution < -0.4 is 4.74 Å². The SMILES string of the molecule is COc1cccc(-c2nc(-c3cccc(C#N)c3)nc3nc[nH]c23)c1. The molecule has 0 amide bonds. The highest BCUT2D eigenvalue weighted by Gasteiger charge is 2.14. The number of hydrogen-bond acceptors (Lipinski definition) is 5. The molecule has 2 heterocycles. The van der Waals surface area contributed by atoms with Gasteiger partial charge in [-0.15, -0.1) is 0 Å². The molecule has 0 atom stereocenters. The van der Waals surface area contributed by atoms with Crippen LogP contribution in [0.15, 0.2) is 54.9 Å². The first-order valence-corrected chi connectivity index (χ1v) is 7.64. The van der Waals surface area contributed by atoms with Crippen LogP contribution in [0.5, 0.6) is 5.75 Å². The fourth-order valence-electron chi connectivity index (χ4n) is 2.67. The van der Waals surface area contributed by atoms with Gasteiger partial charge >= 0.3 is 0 Å². The van der Waals surface area contributed by atoms with E-state index in [4.69, 9.17) is 15.0 Å². The number of benzene rings is 2. The van der Waals surface area contributed by atoms with Gasteiger partial charge in [-0.25, -0.2) is 15.0 Å². The predicted octanol–water partition coefficient (Wildman–Crippen LogP) is 3.57. The van der Waals surface area contributed by atoms with Gasteiger partial charge in [0.05, 0.1) is 25.1 Å². The van der Waals surface area contributed by atoms with Crippen LogP contribution >= 0.6 is 0 Å². The molecule has 4 aromatic rings. The molecule has 2 aromatic carbocycles. The highest BCUT2D eigenvalue weighted by atomic mass is 16.5. The van der Waals surface area contributed by atoms with Crippen LogP contribution in [0.1, 0.15) is 5.56 Å². The van der Waals surface area contributed by atoms with E-state index in [2.05, 4.69) is 21.0 Å². The van der Waals surface area contributed by atoms with E-state index in [9.17, 15) is 0 Å². The quantitative estimate of drug-likeness (QED) is 0.621. The fraction of sp³-hybridized carbons (Fsp3) is 0.0526. The van der Waals surface area contributed by atoms with Crippen LogP contribution in [-0.4, -0.2) is 27.0 Å². The van der Waals surface area contributed by atoms with Crippen LogP contribution in [0.3, 0.4) is 0 Å². The zero-order valence-electron chi connectivity index (χ0n) is 13.4. The van der Waals surface area contributed by atoms with Gasteiger partial charge in [0.2, 0.25) is 0 Å². The Labute approximate surface area is 143 Å². The second kappa shape index (κ2) is 6.06. The molecular formula is C19H13N5O. The lowest BCUT2D eigenvalue weighted by atomic mass is 10.1. The Bertz CT molecular complexity index is 1110. The number of rotatable bonds is 3. The average molecular weight is 327 g/mol. The smallest absolute Gasteiger partial charge is 0.181 e. The van der Waals surface area contributed by atoms with Gasteiger partial charge in [-0.1, -0.05) is 24.3 Å². The Hall–Kier alpha value is -3.72. The standard InChI is InChI=1S/C19H13N5O/c1-25-15-7-3-5-13(9-15)16-17-19(22-11-21-17)24-18(23-16)14-6-2-4-12(8-14)10-20/h2-9,11H,1H3,(H,21,22,23,24). The molecule has 0 aliphatic rings. The minimum absolute atomic E-state index is 0.523. The molecule has 0 aliphatic heterocycles. The minimum atomic E-state index is 0.523. The molecule has 25 heavy (non-hydrogen) atoms. The molecule has 1 N–H and O–H groups in total. The summed E-state index contributed by atoms with van der Waals surface area (Å²) in [5.41, 5.74) is 4.30. The van der Waals surface area contributed by atoms with Crippen LogP contribution in [-0.2, 0) is 0 Å². The molecule has 0 spiro atoms. The number of ether oxygens (including phenoxy) is 1. The maximum absolute atomic E-state index is 9.12. The van der Waals surface area contributed by atoms with Gasteiger partial charge in [-0.05, 0) is 24.3 Å². The van der Waals surface area contributed by atoms with Gasteiger partial charge in [0.1, 0.15) is 17.0 Å². The van der Waals surface area contributed by atoms with Gasteiger partial charge in [-0.3, -0.25) is 0 Å². The van der Waals surface area contributed by atoms with E-state index in [1.54, 1.807) is 25.6 Å². The molecule has 0 bridgehead atoms. The first kappa shape index (κ1) is 14.8. The van der Waals surface area contributed by atoms with E-state index in [0.29, 0.717) is 17.0 Å². The van der Waals surface area contributed by atoms with Crippen LogP contribution in [0, 0.1) is 11.3 Å². The number of methoxy groups -OCH3 is 1. The van der Waals surface area contributed by atoms with E-state index in [0.717, 1.165) is 28.1 Å². The van der Waals surface area contributed by atoms with Crippen molar-refractivity contribution in [2.75, 3.05) is 7.11 Å². The highest BCUT2D eigenvalue weighted by molar-refractivity contribution is 5.88. The number of fused-ring (bicyclic) bond motifs is 1. The topological polar surface area (TPSA) is 87.5 Å². The predicted molar refractivity (Wildman–Crippen MR) is 93.8 cm³/mol. The number of aromatic amines is 1. The summed E-state index contributed by atoms with van der Waals surface area (Å²) in [4.78, 5) is 16.6. The molecule has 120 valence electrons. The van der Waals surface area contributed by atoms with Gasteiger partial charge in [0.15, 0.2) is 11.5 Å². The molecule has 6 heteroatoms. The molecule has 0 saturated carbocycles. The van der Waals surface area contributed by atoms with Gasteiger partial charge < -0.3 is 9.72 Å². The number of hydrogen-bond donors (Lipinski definition) is 1. The third-order valence-electron chi connectivity index (χ3n) is 3.88. The van der Waals surface area contributed by atoms with Gasteiger partial charge in [0, 0.05) is 11.1 Å². The molecule has 0 saturated heterocycles. The van der Waals surface area contributed by atoms with E-state index in [1.807, 2.05) is 36.4 Å². The molecule has 0 unspecified atom stereocenters. The molecule has 4 rings (SSSR count). The van der Waals surface area contributed by atoms with Crippen molar-refractivity contribution >= 4 is 11.2 Å². The maximum atomic E-state index is 9.12. The van der Waals surface area contributed by atoms with Crippen LogP contribution in [0.25, 0.3) is 33.8 Å². The fourth-order valence-corrected chi connectivity index (χ4v) is 2.67. The zero-order valence-corrected chi connectivity index (χ0v) is 13.4. The molecule has 0 radical (unpaired) electrons. The molecule has 2 aromatic heterocycles. The Morgan fingerprint density at radius 3 is 2.72 bits per heavy atom. The lowest BCUT2D eigenvalue weighted by molar-refractivity contribution is 0.415. The Balaban J connectivity index is 1.95. The van der Waals surface area contributed by atoms with Gasteiger partial charge in [-0.2, -0.15) is 5.26 Å². The second-order valence-corrected chi connectivity index (χ2v) is 5.42. The monoisotopic (exact) mass is 327 g/mol.